The van der Waals surface area contributed by atoms with E-state index in [1.54, 1.807) is 11.3 Å². The van der Waals surface area contributed by atoms with Crippen molar-refractivity contribution in [1.82, 2.24) is 15.0 Å². The van der Waals surface area contributed by atoms with Crippen molar-refractivity contribution < 1.29 is 5.11 Å². The molecule has 0 spiro atoms. The van der Waals surface area contributed by atoms with Gasteiger partial charge < -0.3 is 15.7 Å². The predicted molar refractivity (Wildman–Crippen MR) is 111 cm³/mol. The van der Waals surface area contributed by atoms with Crippen molar-refractivity contribution in [2.24, 2.45) is 0 Å². The number of fused-ring (bicyclic) bond motifs is 1. The standard InChI is InChI=1S/C20H25N5OS/c1-12-10-15(11-13(2)21-12)23-19-24-16-6-9-27-17(16)18(25-19)22-14-4-7-20(3,26)8-5-14/h6,9-11,14,26H,4-5,7-8H2,1-3H3,(H2,21,22,23,24,25)/t14-,20-. The van der Waals surface area contributed by atoms with E-state index in [0.717, 1.165) is 58.8 Å². The van der Waals surface area contributed by atoms with Crippen LogP contribution in [0.3, 0.4) is 0 Å². The zero-order valence-electron chi connectivity index (χ0n) is 15.9. The number of anilines is 3. The van der Waals surface area contributed by atoms with Gasteiger partial charge in [-0.1, -0.05) is 0 Å². The molecule has 0 amide bonds. The lowest BCUT2D eigenvalue weighted by Gasteiger charge is -2.33. The van der Waals surface area contributed by atoms with E-state index in [1.165, 1.54) is 0 Å². The number of nitrogens with one attached hydrogen (secondary N) is 2. The topological polar surface area (TPSA) is 83.0 Å². The van der Waals surface area contributed by atoms with Crippen molar-refractivity contribution in [3.05, 3.63) is 35.0 Å². The monoisotopic (exact) mass is 383 g/mol. The van der Waals surface area contributed by atoms with Gasteiger partial charge >= 0.3 is 0 Å². The van der Waals surface area contributed by atoms with Crippen LogP contribution in [0.2, 0.25) is 0 Å². The highest BCUT2D eigenvalue weighted by Gasteiger charge is 2.29. The minimum atomic E-state index is -0.536. The van der Waals surface area contributed by atoms with Gasteiger partial charge in [-0.3, -0.25) is 4.98 Å². The lowest BCUT2D eigenvalue weighted by atomic mass is 9.84. The Hall–Kier alpha value is -2.25. The molecule has 0 atom stereocenters. The van der Waals surface area contributed by atoms with E-state index in [2.05, 4.69) is 20.6 Å². The Bertz CT molecular complexity index is 938. The first-order chi connectivity index (χ1) is 12.9. The molecule has 4 rings (SSSR count). The van der Waals surface area contributed by atoms with Crippen LogP contribution in [0.15, 0.2) is 23.6 Å². The SMILES string of the molecule is Cc1cc(Nc2nc(N[C@H]3CC[C@](C)(O)CC3)c3sccc3n2)cc(C)n1. The van der Waals surface area contributed by atoms with Gasteiger partial charge in [-0.05, 0) is 70.0 Å². The highest BCUT2D eigenvalue weighted by atomic mass is 32.1. The maximum Gasteiger partial charge on any atom is 0.229 e. The molecule has 1 fully saturated rings. The molecule has 0 radical (unpaired) electrons. The fraction of sp³-hybridized carbons (Fsp3) is 0.450. The predicted octanol–water partition coefficient (Wildman–Crippen LogP) is 4.55. The Morgan fingerprint density at radius 2 is 1.81 bits per heavy atom. The first-order valence-electron chi connectivity index (χ1n) is 9.34. The number of nitrogens with zero attached hydrogens (tertiary/aromatic N) is 3. The minimum absolute atomic E-state index is 0.323. The summed E-state index contributed by atoms with van der Waals surface area (Å²) in [6.45, 7) is 5.88. The molecule has 3 aromatic rings. The zero-order chi connectivity index (χ0) is 19.0. The Balaban J connectivity index is 1.60. The lowest BCUT2D eigenvalue weighted by Crippen LogP contribution is -2.35. The molecule has 1 saturated carbocycles. The van der Waals surface area contributed by atoms with Gasteiger partial charge in [0.25, 0.3) is 0 Å². The van der Waals surface area contributed by atoms with E-state index in [-0.39, 0.29) is 0 Å². The summed E-state index contributed by atoms with van der Waals surface area (Å²) < 4.78 is 1.07. The lowest BCUT2D eigenvalue weighted by molar-refractivity contribution is 0.0196. The third-order valence-corrected chi connectivity index (χ3v) is 5.96. The van der Waals surface area contributed by atoms with Crippen LogP contribution in [0, 0.1) is 13.8 Å². The van der Waals surface area contributed by atoms with Gasteiger partial charge in [-0.15, -0.1) is 11.3 Å². The number of aromatic nitrogens is 3. The molecule has 0 saturated heterocycles. The molecule has 0 aromatic carbocycles. The number of thiophene rings is 1. The van der Waals surface area contributed by atoms with E-state index in [0.29, 0.717) is 12.0 Å². The first-order valence-corrected chi connectivity index (χ1v) is 10.2. The van der Waals surface area contributed by atoms with Crippen molar-refractivity contribution in [3.63, 3.8) is 0 Å². The van der Waals surface area contributed by atoms with Crippen LogP contribution < -0.4 is 10.6 Å². The number of aliphatic hydroxyl groups is 1. The van der Waals surface area contributed by atoms with Gasteiger partial charge in [-0.2, -0.15) is 4.98 Å². The van der Waals surface area contributed by atoms with Crippen LogP contribution in [0.4, 0.5) is 17.5 Å². The van der Waals surface area contributed by atoms with Crippen LogP contribution in [0.25, 0.3) is 10.2 Å². The number of pyridine rings is 1. The van der Waals surface area contributed by atoms with Crippen molar-refractivity contribution in [2.45, 2.75) is 58.1 Å². The zero-order valence-corrected chi connectivity index (χ0v) is 16.7. The molecular weight excluding hydrogens is 358 g/mol. The quantitative estimate of drug-likeness (QED) is 0.613. The summed E-state index contributed by atoms with van der Waals surface area (Å²) in [5.74, 6) is 1.45. The second-order valence-corrected chi connectivity index (χ2v) is 8.63. The average Bonchev–Trinajstić information content (AvgIpc) is 3.04. The van der Waals surface area contributed by atoms with Gasteiger partial charge in [0.05, 0.1) is 15.8 Å². The largest absolute Gasteiger partial charge is 0.390 e. The summed E-state index contributed by atoms with van der Waals surface area (Å²) >= 11 is 1.65. The first kappa shape index (κ1) is 18.1. The molecule has 1 aliphatic rings. The summed E-state index contributed by atoms with van der Waals surface area (Å²) in [5.41, 5.74) is 3.26. The Morgan fingerprint density at radius 1 is 1.11 bits per heavy atom. The van der Waals surface area contributed by atoms with Crippen LogP contribution in [-0.4, -0.2) is 31.7 Å². The highest BCUT2D eigenvalue weighted by Crippen LogP contribution is 2.33. The summed E-state index contributed by atoms with van der Waals surface area (Å²) in [7, 11) is 0. The van der Waals surface area contributed by atoms with Gasteiger partial charge in [0.2, 0.25) is 5.95 Å². The summed E-state index contributed by atoms with van der Waals surface area (Å²) in [6.07, 6.45) is 3.50. The van der Waals surface area contributed by atoms with E-state index < -0.39 is 5.60 Å². The van der Waals surface area contributed by atoms with Crippen LogP contribution in [0.5, 0.6) is 0 Å². The molecule has 3 heterocycles. The number of hydrogen-bond donors (Lipinski definition) is 3. The third kappa shape index (κ3) is 4.20. The highest BCUT2D eigenvalue weighted by molar-refractivity contribution is 7.17. The number of hydrogen-bond acceptors (Lipinski definition) is 7. The van der Waals surface area contributed by atoms with E-state index in [1.807, 2.05) is 44.4 Å². The normalized spacial score (nSPS) is 22.7. The van der Waals surface area contributed by atoms with Gasteiger partial charge in [0.15, 0.2) is 0 Å². The molecule has 7 heteroatoms. The molecular formula is C20H25N5OS. The second kappa shape index (κ2) is 7.05. The van der Waals surface area contributed by atoms with Crippen molar-refractivity contribution >= 4 is 39.0 Å². The molecule has 6 nitrogen and oxygen atoms in total. The van der Waals surface area contributed by atoms with Gasteiger partial charge in [-0.25, -0.2) is 4.98 Å². The molecule has 3 aromatic heterocycles. The summed E-state index contributed by atoms with van der Waals surface area (Å²) in [6, 6.07) is 6.32. The Labute approximate surface area is 163 Å². The molecule has 0 bridgehead atoms. The summed E-state index contributed by atoms with van der Waals surface area (Å²) in [4.78, 5) is 13.8. The third-order valence-electron chi connectivity index (χ3n) is 5.04. The van der Waals surface area contributed by atoms with Gasteiger partial charge in [0.1, 0.15) is 5.82 Å². The minimum Gasteiger partial charge on any atom is -0.390 e. The smallest absolute Gasteiger partial charge is 0.229 e. The molecule has 27 heavy (non-hydrogen) atoms. The Morgan fingerprint density at radius 3 is 2.52 bits per heavy atom. The molecule has 3 N–H and O–H groups in total. The maximum absolute atomic E-state index is 10.2. The van der Waals surface area contributed by atoms with Crippen molar-refractivity contribution in [1.29, 1.82) is 0 Å². The van der Waals surface area contributed by atoms with E-state index >= 15 is 0 Å². The fourth-order valence-electron chi connectivity index (χ4n) is 3.63. The summed E-state index contributed by atoms with van der Waals surface area (Å²) in [5, 5.41) is 19.1. The van der Waals surface area contributed by atoms with Crippen molar-refractivity contribution in [2.75, 3.05) is 10.6 Å². The molecule has 0 aliphatic heterocycles. The Kier molecular flexibility index (Phi) is 4.74. The van der Waals surface area contributed by atoms with Crippen LogP contribution in [0.1, 0.15) is 44.0 Å². The average molecular weight is 384 g/mol. The number of aryl methyl sites for hydroxylation is 2. The van der Waals surface area contributed by atoms with Crippen LogP contribution >= 0.6 is 11.3 Å². The molecule has 142 valence electrons. The van der Waals surface area contributed by atoms with Crippen LogP contribution in [-0.2, 0) is 0 Å². The van der Waals surface area contributed by atoms with E-state index in [4.69, 9.17) is 4.98 Å². The van der Waals surface area contributed by atoms with E-state index in [9.17, 15) is 5.11 Å². The van der Waals surface area contributed by atoms with Gasteiger partial charge in [0, 0.05) is 23.1 Å². The molecule has 1 aliphatic carbocycles. The fourth-order valence-corrected chi connectivity index (χ4v) is 4.41. The van der Waals surface area contributed by atoms with Crippen molar-refractivity contribution in [3.8, 4) is 0 Å². The second-order valence-electron chi connectivity index (χ2n) is 7.71. The maximum atomic E-state index is 10.2. The molecule has 0 unspecified atom stereocenters. The number of rotatable bonds is 4.